The summed E-state index contributed by atoms with van der Waals surface area (Å²) in [6.45, 7) is 7.28. The Balaban J connectivity index is 1.44. The summed E-state index contributed by atoms with van der Waals surface area (Å²) in [7, 11) is 1.31. The van der Waals surface area contributed by atoms with Crippen LogP contribution in [0.5, 0.6) is 11.5 Å². The van der Waals surface area contributed by atoms with Crippen LogP contribution in [0.2, 0.25) is 10.0 Å². The first-order valence-electron chi connectivity index (χ1n) is 12.3. The zero-order chi connectivity index (χ0) is 26.3. The van der Waals surface area contributed by atoms with Gasteiger partial charge >= 0.3 is 5.97 Å². The van der Waals surface area contributed by atoms with Crippen molar-refractivity contribution in [1.29, 1.82) is 0 Å². The Morgan fingerprint density at radius 2 is 1.92 bits per heavy atom. The summed E-state index contributed by atoms with van der Waals surface area (Å²) in [5.41, 5.74) is 1.66. The maximum atomic E-state index is 13.2. The number of phenols is 1. The van der Waals surface area contributed by atoms with Gasteiger partial charge in [0.05, 0.1) is 18.7 Å². The highest BCUT2D eigenvalue weighted by Gasteiger charge is 2.62. The minimum atomic E-state index is -0.524. The first kappa shape index (κ1) is 26.6. The SMILES string of the molecule is COC(=O)c1ccc(NCc2cc(Cl)cc(Cl)c2O)cc1OCCC(=O)C1CC2CCC1(C)C2(C)C. The van der Waals surface area contributed by atoms with E-state index in [1.165, 1.54) is 19.6 Å². The number of carbonyl (C=O) groups excluding carboxylic acids is 2. The standard InChI is InChI=1S/C28H33Cl2NO5/c1-27(2)17-7-9-28(27,3)21(12-17)23(32)8-10-36-24-14-19(5-6-20(24)26(34)35-4)31-15-16-11-18(29)13-22(30)25(16)33/h5-6,11,13-14,17,21,31,33H,7-10,12,15H2,1-4H3. The van der Waals surface area contributed by atoms with E-state index in [1.807, 2.05) is 0 Å². The molecule has 4 rings (SSSR count). The zero-order valence-corrected chi connectivity index (χ0v) is 22.6. The summed E-state index contributed by atoms with van der Waals surface area (Å²) >= 11 is 12.1. The molecule has 36 heavy (non-hydrogen) atoms. The van der Waals surface area contributed by atoms with Gasteiger partial charge in [0.2, 0.25) is 0 Å². The number of carbonyl (C=O) groups is 2. The molecule has 0 aliphatic heterocycles. The van der Waals surface area contributed by atoms with Crippen LogP contribution in [-0.2, 0) is 16.1 Å². The Labute approximate surface area is 222 Å². The van der Waals surface area contributed by atoms with Crippen molar-refractivity contribution in [2.45, 2.75) is 53.0 Å². The Hall–Kier alpha value is -2.44. The summed E-state index contributed by atoms with van der Waals surface area (Å²) < 4.78 is 10.9. The van der Waals surface area contributed by atoms with Crippen LogP contribution in [0.4, 0.5) is 5.69 Å². The Kier molecular flexibility index (Phi) is 7.50. The highest BCUT2D eigenvalue weighted by Crippen LogP contribution is 2.68. The third-order valence-electron chi connectivity index (χ3n) is 8.77. The number of hydrogen-bond acceptors (Lipinski definition) is 6. The van der Waals surface area contributed by atoms with Gasteiger partial charge in [-0.1, -0.05) is 44.0 Å². The monoisotopic (exact) mass is 533 g/mol. The number of esters is 1. The number of phenolic OH excluding ortho intramolecular Hbond substituents is 1. The fourth-order valence-corrected chi connectivity index (χ4v) is 6.64. The zero-order valence-electron chi connectivity index (χ0n) is 21.1. The van der Waals surface area contributed by atoms with Gasteiger partial charge in [-0.2, -0.15) is 0 Å². The predicted molar refractivity (Wildman–Crippen MR) is 141 cm³/mol. The van der Waals surface area contributed by atoms with Crippen molar-refractivity contribution < 1.29 is 24.2 Å². The molecule has 0 radical (unpaired) electrons. The molecule has 2 saturated carbocycles. The lowest BCUT2D eigenvalue weighted by atomic mass is 9.65. The number of benzene rings is 2. The van der Waals surface area contributed by atoms with E-state index in [1.54, 1.807) is 24.3 Å². The number of methoxy groups -OCH3 is 1. The highest BCUT2D eigenvalue weighted by molar-refractivity contribution is 6.35. The van der Waals surface area contributed by atoms with Gasteiger partial charge in [-0.3, -0.25) is 4.79 Å². The lowest BCUT2D eigenvalue weighted by Crippen LogP contribution is -2.36. The molecular weight excluding hydrogens is 501 g/mol. The fourth-order valence-electron chi connectivity index (χ4n) is 6.11. The predicted octanol–water partition coefficient (Wildman–Crippen LogP) is 6.90. The van der Waals surface area contributed by atoms with Crippen molar-refractivity contribution in [2.24, 2.45) is 22.7 Å². The summed E-state index contributed by atoms with van der Waals surface area (Å²) in [4.78, 5) is 25.5. The van der Waals surface area contributed by atoms with Gasteiger partial charge in [-0.25, -0.2) is 4.79 Å². The smallest absolute Gasteiger partial charge is 0.341 e. The van der Waals surface area contributed by atoms with Crippen LogP contribution in [0.1, 0.15) is 62.4 Å². The fraction of sp³-hybridized carbons (Fsp3) is 0.500. The number of ketones is 1. The highest BCUT2D eigenvalue weighted by atomic mass is 35.5. The molecule has 2 aromatic rings. The average molecular weight is 534 g/mol. The number of aromatic hydroxyl groups is 1. The molecule has 2 fully saturated rings. The molecule has 0 aromatic heterocycles. The number of ether oxygens (including phenoxy) is 2. The van der Waals surface area contributed by atoms with Gasteiger partial charge in [-0.15, -0.1) is 0 Å². The number of fused-ring (bicyclic) bond motifs is 2. The van der Waals surface area contributed by atoms with Crippen LogP contribution in [0.15, 0.2) is 30.3 Å². The van der Waals surface area contributed by atoms with Gasteiger partial charge in [0.1, 0.15) is 22.8 Å². The molecule has 0 saturated heterocycles. The number of Topliss-reactive ketones (excluding diaryl/α,β-unsaturated/α-hetero) is 1. The van der Waals surface area contributed by atoms with E-state index in [9.17, 15) is 14.7 Å². The van der Waals surface area contributed by atoms with E-state index < -0.39 is 5.97 Å². The molecule has 3 atom stereocenters. The second-order valence-corrected chi connectivity index (χ2v) is 11.5. The maximum absolute atomic E-state index is 13.2. The molecule has 2 aliphatic carbocycles. The lowest BCUT2D eigenvalue weighted by Gasteiger charge is -2.38. The number of halogens is 2. The normalized spacial score (nSPS) is 23.9. The largest absolute Gasteiger partial charge is 0.506 e. The van der Waals surface area contributed by atoms with Crippen LogP contribution < -0.4 is 10.1 Å². The minimum absolute atomic E-state index is 0.0323. The van der Waals surface area contributed by atoms with Crippen LogP contribution in [0.25, 0.3) is 0 Å². The van der Waals surface area contributed by atoms with Gasteiger partial charge in [0.25, 0.3) is 0 Å². The molecular formula is C28H33Cl2NO5. The van der Waals surface area contributed by atoms with Crippen LogP contribution in [0, 0.1) is 22.7 Å². The number of nitrogens with one attached hydrogen (secondary N) is 1. The van der Waals surface area contributed by atoms with E-state index in [4.69, 9.17) is 32.7 Å². The Morgan fingerprint density at radius 3 is 2.56 bits per heavy atom. The van der Waals surface area contributed by atoms with Crippen molar-refractivity contribution in [2.75, 3.05) is 19.0 Å². The maximum Gasteiger partial charge on any atom is 0.341 e. The van der Waals surface area contributed by atoms with Gasteiger partial charge in [0.15, 0.2) is 0 Å². The van der Waals surface area contributed by atoms with Crippen LogP contribution in [-0.4, -0.2) is 30.6 Å². The summed E-state index contributed by atoms with van der Waals surface area (Å²) in [6.07, 6.45) is 3.53. The van der Waals surface area contributed by atoms with E-state index >= 15 is 0 Å². The molecule has 0 spiro atoms. The van der Waals surface area contributed by atoms with E-state index in [-0.39, 0.29) is 58.4 Å². The number of anilines is 1. The number of hydrogen-bond donors (Lipinski definition) is 2. The van der Waals surface area contributed by atoms with Crippen molar-refractivity contribution in [1.82, 2.24) is 0 Å². The minimum Gasteiger partial charge on any atom is -0.506 e. The third-order valence-corrected chi connectivity index (χ3v) is 9.27. The quantitative estimate of drug-likeness (QED) is 0.341. The second-order valence-electron chi connectivity index (χ2n) is 10.7. The Bertz CT molecular complexity index is 1180. The van der Waals surface area contributed by atoms with Gasteiger partial charge in [0, 0.05) is 41.2 Å². The molecule has 6 nitrogen and oxygen atoms in total. The van der Waals surface area contributed by atoms with Crippen molar-refractivity contribution >= 4 is 40.6 Å². The molecule has 2 bridgehead atoms. The third kappa shape index (κ3) is 4.78. The average Bonchev–Trinajstić information content (AvgIpc) is 3.18. The van der Waals surface area contributed by atoms with Gasteiger partial charge < -0.3 is 19.9 Å². The topological polar surface area (TPSA) is 84.9 Å². The number of rotatable bonds is 9. The molecule has 0 heterocycles. The van der Waals surface area contributed by atoms with Crippen molar-refractivity contribution in [3.05, 3.63) is 51.5 Å². The summed E-state index contributed by atoms with van der Waals surface area (Å²) in [5.74, 6) is 0.638. The molecule has 0 amide bonds. The van der Waals surface area contributed by atoms with Gasteiger partial charge in [-0.05, 0) is 60.3 Å². The van der Waals surface area contributed by atoms with E-state index in [0.29, 0.717) is 27.9 Å². The first-order chi connectivity index (χ1) is 17.0. The summed E-state index contributed by atoms with van der Waals surface area (Å²) in [5, 5.41) is 14.0. The molecule has 194 valence electrons. The lowest BCUT2D eigenvalue weighted by molar-refractivity contribution is -0.128. The second kappa shape index (κ2) is 10.1. The van der Waals surface area contributed by atoms with Crippen LogP contribution in [0.3, 0.4) is 0 Å². The molecule has 8 heteroatoms. The van der Waals surface area contributed by atoms with Crippen molar-refractivity contribution in [3.63, 3.8) is 0 Å². The first-order valence-corrected chi connectivity index (χ1v) is 13.0. The molecule has 3 unspecified atom stereocenters. The molecule has 2 aliphatic rings. The van der Waals surface area contributed by atoms with Crippen molar-refractivity contribution in [3.8, 4) is 11.5 Å². The van der Waals surface area contributed by atoms with E-state index in [0.717, 1.165) is 12.8 Å². The Morgan fingerprint density at radius 1 is 1.17 bits per heavy atom. The summed E-state index contributed by atoms with van der Waals surface area (Å²) in [6, 6.07) is 8.10. The van der Waals surface area contributed by atoms with Crippen LogP contribution >= 0.6 is 23.2 Å². The molecule has 2 aromatic carbocycles. The molecule has 2 N–H and O–H groups in total. The van der Waals surface area contributed by atoms with E-state index in [2.05, 4.69) is 26.1 Å².